The third kappa shape index (κ3) is 5.14. The fourth-order valence-corrected chi connectivity index (χ4v) is 1.67. The molecule has 1 aliphatic heterocycles. The molecule has 6 nitrogen and oxygen atoms in total. The van der Waals surface area contributed by atoms with Crippen molar-refractivity contribution >= 4 is 11.8 Å². The van der Waals surface area contributed by atoms with Crippen molar-refractivity contribution in [1.82, 2.24) is 16.0 Å². The summed E-state index contributed by atoms with van der Waals surface area (Å²) >= 11 is 0. The summed E-state index contributed by atoms with van der Waals surface area (Å²) in [5.74, 6) is -0.463. The minimum absolute atomic E-state index is 0.0373. The number of carbonyl (C=O) groups is 2. The van der Waals surface area contributed by atoms with Crippen LogP contribution in [0.15, 0.2) is 0 Å². The molecule has 1 saturated heterocycles. The first-order valence-corrected chi connectivity index (χ1v) is 5.78. The van der Waals surface area contributed by atoms with Gasteiger partial charge in [-0.1, -0.05) is 0 Å². The van der Waals surface area contributed by atoms with Gasteiger partial charge in [-0.25, -0.2) is 0 Å². The molecule has 1 aliphatic rings. The Balaban J connectivity index is 2.26. The molecule has 4 N–H and O–H groups in total. The van der Waals surface area contributed by atoms with Crippen LogP contribution < -0.4 is 16.0 Å². The highest BCUT2D eigenvalue weighted by atomic mass is 16.3. The molecule has 2 atom stereocenters. The number of β-amino-alcohol motifs (C(OH)–C–C–N with tert-alkyl or cyclic N) is 1. The molecular formula is C11H21N3O3. The number of hydrogen-bond acceptors (Lipinski definition) is 4. The summed E-state index contributed by atoms with van der Waals surface area (Å²) in [4.78, 5) is 23.0. The lowest BCUT2D eigenvalue weighted by Gasteiger charge is -2.20. The Bertz CT molecular complexity index is 299. The van der Waals surface area contributed by atoms with Crippen molar-refractivity contribution in [3.8, 4) is 0 Å². The first kappa shape index (κ1) is 13.9. The molecule has 2 amide bonds. The predicted octanol–water partition coefficient (Wildman–Crippen LogP) is -1.26. The van der Waals surface area contributed by atoms with Crippen LogP contribution in [0, 0.1) is 0 Å². The summed E-state index contributed by atoms with van der Waals surface area (Å²) in [6.07, 6.45) is -0.0821. The zero-order chi connectivity index (χ0) is 13.1. The van der Waals surface area contributed by atoms with Crippen LogP contribution in [0.25, 0.3) is 0 Å². The summed E-state index contributed by atoms with van der Waals surface area (Å²) in [6.45, 7) is 6.02. The van der Waals surface area contributed by atoms with Crippen molar-refractivity contribution in [1.29, 1.82) is 0 Å². The topological polar surface area (TPSA) is 90.5 Å². The Labute approximate surface area is 101 Å². The number of nitrogens with one attached hydrogen (secondary N) is 3. The fourth-order valence-electron chi connectivity index (χ4n) is 1.67. The van der Waals surface area contributed by atoms with Crippen LogP contribution in [-0.2, 0) is 9.59 Å². The van der Waals surface area contributed by atoms with Crippen molar-refractivity contribution in [2.24, 2.45) is 0 Å². The molecule has 2 unspecified atom stereocenters. The molecule has 1 rings (SSSR count). The second-order valence-electron chi connectivity index (χ2n) is 5.37. The quantitative estimate of drug-likeness (QED) is 0.498. The zero-order valence-electron chi connectivity index (χ0n) is 10.5. The Morgan fingerprint density at radius 1 is 1.41 bits per heavy atom. The van der Waals surface area contributed by atoms with E-state index in [0.29, 0.717) is 13.0 Å². The average molecular weight is 243 g/mol. The number of amides is 2. The van der Waals surface area contributed by atoms with E-state index >= 15 is 0 Å². The monoisotopic (exact) mass is 243 g/mol. The predicted molar refractivity (Wildman–Crippen MR) is 63.3 cm³/mol. The molecule has 0 aromatic heterocycles. The van der Waals surface area contributed by atoms with Crippen LogP contribution in [0.2, 0.25) is 0 Å². The molecule has 98 valence electrons. The van der Waals surface area contributed by atoms with Crippen molar-refractivity contribution in [2.75, 3.05) is 13.1 Å². The van der Waals surface area contributed by atoms with Crippen molar-refractivity contribution < 1.29 is 14.7 Å². The lowest BCUT2D eigenvalue weighted by Crippen LogP contribution is -2.48. The highest BCUT2D eigenvalue weighted by Gasteiger charge is 2.28. The van der Waals surface area contributed by atoms with Crippen LogP contribution in [-0.4, -0.2) is 47.7 Å². The van der Waals surface area contributed by atoms with Gasteiger partial charge in [-0.05, 0) is 27.2 Å². The van der Waals surface area contributed by atoms with E-state index in [2.05, 4.69) is 16.0 Å². The molecule has 0 bridgehead atoms. The highest BCUT2D eigenvalue weighted by molar-refractivity contribution is 5.87. The van der Waals surface area contributed by atoms with Gasteiger partial charge in [0.05, 0.1) is 18.7 Å². The van der Waals surface area contributed by atoms with Gasteiger partial charge in [-0.2, -0.15) is 0 Å². The standard InChI is InChI=1S/C11H21N3O3/c1-11(2,3)14-9(16)6-13-10(17)8-4-7(15)5-12-8/h7-8,12,15H,4-6H2,1-3H3,(H,13,17)(H,14,16). The smallest absolute Gasteiger partial charge is 0.239 e. The summed E-state index contributed by atoms with van der Waals surface area (Å²) in [6, 6.07) is -0.396. The van der Waals surface area contributed by atoms with Crippen LogP contribution in [0.5, 0.6) is 0 Å². The third-order valence-electron chi connectivity index (χ3n) is 2.36. The molecule has 0 aromatic rings. The Hall–Kier alpha value is -1.14. The van der Waals surface area contributed by atoms with Gasteiger partial charge < -0.3 is 21.1 Å². The molecule has 0 radical (unpaired) electrons. The van der Waals surface area contributed by atoms with E-state index < -0.39 is 12.1 Å². The minimum atomic E-state index is -0.478. The lowest BCUT2D eigenvalue weighted by atomic mass is 10.1. The van der Waals surface area contributed by atoms with Crippen molar-refractivity contribution in [3.63, 3.8) is 0 Å². The number of hydrogen-bond donors (Lipinski definition) is 4. The van der Waals surface area contributed by atoms with Gasteiger partial charge in [-0.3, -0.25) is 9.59 Å². The van der Waals surface area contributed by atoms with E-state index in [1.54, 1.807) is 0 Å². The maximum Gasteiger partial charge on any atom is 0.239 e. The van der Waals surface area contributed by atoms with Crippen LogP contribution in [0.4, 0.5) is 0 Å². The minimum Gasteiger partial charge on any atom is -0.392 e. The second kappa shape index (κ2) is 5.46. The van der Waals surface area contributed by atoms with Gasteiger partial charge in [0.25, 0.3) is 0 Å². The van der Waals surface area contributed by atoms with Gasteiger partial charge in [0.1, 0.15) is 0 Å². The second-order valence-corrected chi connectivity index (χ2v) is 5.37. The van der Waals surface area contributed by atoms with E-state index in [4.69, 9.17) is 0 Å². The van der Waals surface area contributed by atoms with Gasteiger partial charge in [0.15, 0.2) is 0 Å². The van der Waals surface area contributed by atoms with E-state index in [-0.39, 0.29) is 23.9 Å². The molecule has 6 heteroatoms. The first-order chi connectivity index (χ1) is 7.78. The molecule has 1 fully saturated rings. The number of aliphatic hydroxyl groups is 1. The summed E-state index contributed by atoms with van der Waals surface area (Å²) < 4.78 is 0. The van der Waals surface area contributed by atoms with E-state index in [9.17, 15) is 14.7 Å². The Morgan fingerprint density at radius 3 is 2.53 bits per heavy atom. The van der Waals surface area contributed by atoms with Crippen LogP contribution >= 0.6 is 0 Å². The highest BCUT2D eigenvalue weighted by Crippen LogP contribution is 2.05. The lowest BCUT2D eigenvalue weighted by molar-refractivity contribution is -0.127. The van der Waals surface area contributed by atoms with Gasteiger partial charge in [0.2, 0.25) is 11.8 Å². The van der Waals surface area contributed by atoms with Gasteiger partial charge in [-0.15, -0.1) is 0 Å². The molecule has 0 saturated carbocycles. The molecule has 0 aromatic carbocycles. The van der Waals surface area contributed by atoms with Crippen molar-refractivity contribution in [2.45, 2.75) is 44.9 Å². The Kier molecular flexibility index (Phi) is 4.47. The first-order valence-electron chi connectivity index (χ1n) is 5.78. The van der Waals surface area contributed by atoms with E-state index in [0.717, 1.165) is 0 Å². The molecule has 1 heterocycles. The largest absolute Gasteiger partial charge is 0.392 e. The summed E-state index contributed by atoms with van der Waals surface area (Å²) in [7, 11) is 0. The van der Waals surface area contributed by atoms with Crippen LogP contribution in [0.3, 0.4) is 0 Å². The zero-order valence-corrected chi connectivity index (χ0v) is 10.5. The normalized spacial score (nSPS) is 24.5. The molecule has 0 aliphatic carbocycles. The fraction of sp³-hybridized carbons (Fsp3) is 0.818. The summed E-state index contributed by atoms with van der Waals surface area (Å²) in [5.41, 5.74) is -0.302. The number of aliphatic hydroxyl groups excluding tert-OH is 1. The van der Waals surface area contributed by atoms with Gasteiger partial charge >= 0.3 is 0 Å². The number of rotatable bonds is 3. The molecule has 17 heavy (non-hydrogen) atoms. The number of carbonyl (C=O) groups excluding carboxylic acids is 2. The SMILES string of the molecule is CC(C)(C)NC(=O)CNC(=O)C1CC(O)CN1. The Morgan fingerprint density at radius 2 is 2.06 bits per heavy atom. The third-order valence-corrected chi connectivity index (χ3v) is 2.36. The van der Waals surface area contributed by atoms with Gasteiger partial charge in [0, 0.05) is 12.1 Å². The van der Waals surface area contributed by atoms with Crippen molar-refractivity contribution in [3.05, 3.63) is 0 Å². The van der Waals surface area contributed by atoms with Crippen LogP contribution in [0.1, 0.15) is 27.2 Å². The maximum atomic E-state index is 11.6. The van der Waals surface area contributed by atoms with E-state index in [1.165, 1.54) is 0 Å². The molecule has 0 spiro atoms. The summed E-state index contributed by atoms with van der Waals surface area (Å²) in [5, 5.41) is 17.4. The average Bonchev–Trinajstić information content (AvgIpc) is 2.58. The molecular weight excluding hydrogens is 222 g/mol. The van der Waals surface area contributed by atoms with E-state index in [1.807, 2.05) is 20.8 Å². The maximum absolute atomic E-state index is 11.6.